The number of benzene rings is 2. The highest BCUT2D eigenvalue weighted by molar-refractivity contribution is 7.90. The quantitative estimate of drug-likeness (QED) is 0.723. The molecule has 0 saturated carbocycles. The predicted molar refractivity (Wildman–Crippen MR) is 108 cm³/mol. The minimum atomic E-state index is -3.30. The van der Waals surface area contributed by atoms with Gasteiger partial charge < -0.3 is 10.1 Å². The van der Waals surface area contributed by atoms with E-state index in [0.29, 0.717) is 5.75 Å². The van der Waals surface area contributed by atoms with Crippen molar-refractivity contribution < 1.29 is 17.9 Å². The van der Waals surface area contributed by atoms with Crippen LogP contribution < -0.4 is 14.8 Å². The van der Waals surface area contributed by atoms with Crippen molar-refractivity contribution >= 4 is 21.6 Å². The SMILES string of the molecule is CC(=O)Nc1ccc(-c2ccc(OC(C)CNS(=O)(=O)C(C)C)cc2)cc1. The number of carbonyl (C=O) groups excluding carboxylic acids is 1. The van der Waals surface area contributed by atoms with Gasteiger partial charge in [0.2, 0.25) is 15.9 Å². The van der Waals surface area contributed by atoms with Gasteiger partial charge in [-0.05, 0) is 56.2 Å². The summed E-state index contributed by atoms with van der Waals surface area (Å²) in [5.74, 6) is 0.568. The van der Waals surface area contributed by atoms with Gasteiger partial charge in [0.05, 0.1) is 5.25 Å². The van der Waals surface area contributed by atoms with Crippen LogP contribution in [0.1, 0.15) is 27.7 Å². The molecule has 0 aromatic heterocycles. The van der Waals surface area contributed by atoms with E-state index >= 15 is 0 Å². The number of carbonyl (C=O) groups is 1. The van der Waals surface area contributed by atoms with E-state index in [9.17, 15) is 13.2 Å². The van der Waals surface area contributed by atoms with Crippen LogP contribution in [0.3, 0.4) is 0 Å². The Morgan fingerprint density at radius 2 is 1.48 bits per heavy atom. The molecule has 1 atom stereocenters. The third kappa shape index (κ3) is 6.37. The van der Waals surface area contributed by atoms with E-state index in [2.05, 4.69) is 10.0 Å². The Bertz CT molecular complexity index is 860. The molecule has 0 aliphatic carbocycles. The molecule has 0 heterocycles. The van der Waals surface area contributed by atoms with Crippen molar-refractivity contribution in [2.45, 2.75) is 39.0 Å². The second-order valence-electron chi connectivity index (χ2n) is 6.65. The average Bonchev–Trinajstić information content (AvgIpc) is 2.61. The molecule has 27 heavy (non-hydrogen) atoms. The summed E-state index contributed by atoms with van der Waals surface area (Å²) in [6.07, 6.45) is -0.290. The van der Waals surface area contributed by atoms with Crippen LogP contribution in [-0.4, -0.2) is 32.2 Å². The number of nitrogens with one attached hydrogen (secondary N) is 2. The first-order valence-corrected chi connectivity index (χ1v) is 10.4. The molecular weight excluding hydrogens is 364 g/mol. The Labute approximate surface area is 161 Å². The summed E-state index contributed by atoms with van der Waals surface area (Å²) in [5.41, 5.74) is 2.79. The lowest BCUT2D eigenvalue weighted by Crippen LogP contribution is -2.37. The molecule has 0 aliphatic heterocycles. The maximum Gasteiger partial charge on any atom is 0.221 e. The zero-order valence-corrected chi connectivity index (χ0v) is 16.8. The van der Waals surface area contributed by atoms with Crippen LogP contribution in [0.2, 0.25) is 0 Å². The van der Waals surface area contributed by atoms with Crippen LogP contribution in [0, 0.1) is 0 Å². The van der Waals surface area contributed by atoms with Crippen molar-refractivity contribution in [1.82, 2.24) is 4.72 Å². The molecule has 0 radical (unpaired) electrons. The average molecular weight is 391 g/mol. The molecule has 0 saturated heterocycles. The standard InChI is InChI=1S/C20H26N2O4S/c1-14(2)27(24,25)21-13-15(3)26-20-11-7-18(8-12-20)17-5-9-19(10-6-17)22-16(4)23/h5-12,14-15,21H,13H2,1-4H3,(H,22,23). The van der Waals surface area contributed by atoms with Gasteiger partial charge in [-0.3, -0.25) is 4.79 Å². The van der Waals surface area contributed by atoms with Crippen molar-refractivity contribution in [1.29, 1.82) is 0 Å². The van der Waals surface area contributed by atoms with Crippen LogP contribution in [0.25, 0.3) is 11.1 Å². The molecule has 6 nitrogen and oxygen atoms in total. The molecule has 0 spiro atoms. The minimum absolute atomic E-state index is 0.103. The fourth-order valence-corrected chi connectivity index (χ4v) is 3.15. The fourth-order valence-electron chi connectivity index (χ4n) is 2.35. The molecule has 2 N–H and O–H groups in total. The van der Waals surface area contributed by atoms with Gasteiger partial charge in [0.25, 0.3) is 0 Å². The summed E-state index contributed by atoms with van der Waals surface area (Å²) < 4.78 is 31.9. The van der Waals surface area contributed by atoms with Crippen LogP contribution in [0.15, 0.2) is 48.5 Å². The maximum atomic E-state index is 11.8. The number of hydrogen-bond acceptors (Lipinski definition) is 4. The van der Waals surface area contributed by atoms with Gasteiger partial charge >= 0.3 is 0 Å². The Morgan fingerprint density at radius 1 is 0.963 bits per heavy atom. The second kappa shape index (κ2) is 9.01. The third-order valence-corrected chi connectivity index (χ3v) is 5.73. The summed E-state index contributed by atoms with van der Waals surface area (Å²) >= 11 is 0. The number of anilines is 1. The number of amides is 1. The van der Waals surface area contributed by atoms with E-state index in [0.717, 1.165) is 16.8 Å². The summed E-state index contributed by atoms with van der Waals surface area (Å²) in [4.78, 5) is 11.1. The summed E-state index contributed by atoms with van der Waals surface area (Å²) in [7, 11) is -3.30. The van der Waals surface area contributed by atoms with E-state index in [-0.39, 0.29) is 18.6 Å². The monoisotopic (exact) mass is 390 g/mol. The lowest BCUT2D eigenvalue weighted by Gasteiger charge is -2.17. The Balaban J connectivity index is 1.95. The fraction of sp³-hybridized carbons (Fsp3) is 0.350. The van der Waals surface area contributed by atoms with Crippen LogP contribution >= 0.6 is 0 Å². The Kier molecular flexibility index (Phi) is 6.98. The van der Waals surface area contributed by atoms with Gasteiger partial charge in [-0.2, -0.15) is 0 Å². The van der Waals surface area contributed by atoms with Crippen molar-refractivity contribution in [2.75, 3.05) is 11.9 Å². The van der Waals surface area contributed by atoms with E-state index in [4.69, 9.17) is 4.74 Å². The zero-order chi connectivity index (χ0) is 20.0. The molecule has 0 fully saturated rings. The van der Waals surface area contributed by atoms with E-state index in [1.165, 1.54) is 6.92 Å². The van der Waals surface area contributed by atoms with Crippen LogP contribution in [0.5, 0.6) is 5.75 Å². The van der Waals surface area contributed by atoms with Crippen LogP contribution in [0.4, 0.5) is 5.69 Å². The maximum absolute atomic E-state index is 11.8. The molecular formula is C20H26N2O4S. The summed E-state index contributed by atoms with van der Waals surface area (Å²) in [6.45, 7) is 6.77. The van der Waals surface area contributed by atoms with Gasteiger partial charge in [0.1, 0.15) is 11.9 Å². The van der Waals surface area contributed by atoms with E-state index < -0.39 is 15.3 Å². The highest BCUT2D eigenvalue weighted by Gasteiger charge is 2.16. The molecule has 0 bridgehead atoms. The molecule has 7 heteroatoms. The highest BCUT2D eigenvalue weighted by atomic mass is 32.2. The highest BCUT2D eigenvalue weighted by Crippen LogP contribution is 2.24. The Hall–Kier alpha value is -2.38. The number of hydrogen-bond donors (Lipinski definition) is 2. The van der Waals surface area contributed by atoms with Gasteiger partial charge in [0, 0.05) is 19.2 Å². The first kappa shape index (κ1) is 20.9. The normalized spacial score (nSPS) is 12.6. The van der Waals surface area contributed by atoms with Gasteiger partial charge in [-0.1, -0.05) is 24.3 Å². The lowest BCUT2D eigenvalue weighted by atomic mass is 10.1. The summed E-state index contributed by atoms with van der Waals surface area (Å²) in [5, 5.41) is 2.26. The number of ether oxygens (including phenoxy) is 1. The first-order chi connectivity index (χ1) is 12.7. The largest absolute Gasteiger partial charge is 0.489 e. The zero-order valence-electron chi connectivity index (χ0n) is 16.0. The summed E-state index contributed by atoms with van der Waals surface area (Å²) in [6, 6.07) is 15.2. The first-order valence-electron chi connectivity index (χ1n) is 8.80. The van der Waals surface area contributed by atoms with E-state index in [1.807, 2.05) is 55.5 Å². The minimum Gasteiger partial charge on any atom is -0.489 e. The van der Waals surface area contributed by atoms with Crippen molar-refractivity contribution in [3.8, 4) is 16.9 Å². The predicted octanol–water partition coefficient (Wildman–Crippen LogP) is 3.41. The van der Waals surface area contributed by atoms with Crippen LogP contribution in [-0.2, 0) is 14.8 Å². The van der Waals surface area contributed by atoms with E-state index in [1.54, 1.807) is 13.8 Å². The molecule has 1 amide bonds. The van der Waals surface area contributed by atoms with Crippen molar-refractivity contribution in [3.05, 3.63) is 48.5 Å². The molecule has 1 unspecified atom stereocenters. The molecule has 0 aliphatic rings. The van der Waals surface area contributed by atoms with Crippen molar-refractivity contribution in [3.63, 3.8) is 0 Å². The second-order valence-corrected chi connectivity index (χ2v) is 8.98. The lowest BCUT2D eigenvalue weighted by molar-refractivity contribution is -0.114. The van der Waals surface area contributed by atoms with Gasteiger partial charge in [-0.15, -0.1) is 0 Å². The van der Waals surface area contributed by atoms with Crippen molar-refractivity contribution in [2.24, 2.45) is 0 Å². The molecule has 2 aromatic carbocycles. The van der Waals surface area contributed by atoms with Gasteiger partial charge in [0.15, 0.2) is 0 Å². The van der Waals surface area contributed by atoms with Gasteiger partial charge in [-0.25, -0.2) is 13.1 Å². The smallest absolute Gasteiger partial charge is 0.221 e. The number of sulfonamides is 1. The Morgan fingerprint density at radius 3 is 1.96 bits per heavy atom. The third-order valence-electron chi connectivity index (χ3n) is 3.92. The molecule has 146 valence electrons. The molecule has 2 rings (SSSR count). The number of rotatable bonds is 8. The topological polar surface area (TPSA) is 84.5 Å². The molecule has 2 aromatic rings.